The average Bonchev–Trinajstić information content (AvgIpc) is 2.13. The summed E-state index contributed by atoms with van der Waals surface area (Å²) in [6, 6.07) is 0. The van der Waals surface area contributed by atoms with Crippen molar-refractivity contribution in [2.24, 2.45) is 0 Å². The van der Waals surface area contributed by atoms with Gasteiger partial charge >= 0.3 is 0 Å². The normalized spacial score (nSPS) is 13.9. The molecule has 0 spiro atoms. The Bertz CT molecular complexity index is 248. The van der Waals surface area contributed by atoms with Crippen LogP contribution in [0.4, 0.5) is 0 Å². The molecule has 102 valence electrons. The van der Waals surface area contributed by atoms with Crippen molar-refractivity contribution in [2.75, 3.05) is 0 Å². The second kappa shape index (κ2) is 6.35. The van der Waals surface area contributed by atoms with Crippen molar-refractivity contribution >= 4 is 45.9 Å². The van der Waals surface area contributed by atoms with E-state index in [1.807, 2.05) is 0 Å². The zero-order valence-electron chi connectivity index (χ0n) is 12.7. The van der Waals surface area contributed by atoms with E-state index in [9.17, 15) is 0 Å². The molecule has 0 radical (unpaired) electrons. The molecule has 0 saturated carbocycles. The van der Waals surface area contributed by atoms with Crippen LogP contribution in [0.2, 0.25) is 39.3 Å². The molecule has 0 nitrogen and oxygen atoms in total. The van der Waals surface area contributed by atoms with Gasteiger partial charge in [-0.15, -0.1) is 0 Å². The molecule has 0 aliphatic carbocycles. The predicted octanol–water partition coefficient (Wildman–Crippen LogP) is 5.36. The average molecular weight is 307 g/mol. The largest absolute Gasteiger partial charge is 0.174 e. The lowest BCUT2D eigenvalue weighted by molar-refractivity contribution is 0.742. The van der Waals surface area contributed by atoms with Gasteiger partial charge in [-0.2, -0.15) is 12.6 Å². The third kappa shape index (κ3) is 4.18. The van der Waals surface area contributed by atoms with Gasteiger partial charge in [0.2, 0.25) is 0 Å². The van der Waals surface area contributed by atoms with Crippen LogP contribution in [0.3, 0.4) is 0 Å². The van der Waals surface area contributed by atoms with Gasteiger partial charge in [0.05, 0.1) is 16.1 Å². The third-order valence-corrected chi connectivity index (χ3v) is 18.3. The fourth-order valence-corrected chi connectivity index (χ4v) is 15.7. The Labute approximate surface area is 121 Å². The van der Waals surface area contributed by atoms with E-state index in [0.717, 1.165) is 6.42 Å². The van der Waals surface area contributed by atoms with Gasteiger partial charge < -0.3 is 0 Å². The van der Waals surface area contributed by atoms with Crippen LogP contribution in [0.5, 0.6) is 0 Å². The lowest BCUT2D eigenvalue weighted by Gasteiger charge is -2.49. The standard InChI is InChI=1S/C13H30S2Si2/c1-8-9-10-11-12(14)13(15,16(2,3)4)17(5,6)7/h15H,8-11H2,1-7H3. The number of thiocarbonyl (C=S) groups is 1. The van der Waals surface area contributed by atoms with Gasteiger partial charge in [0.1, 0.15) is 0 Å². The van der Waals surface area contributed by atoms with Crippen molar-refractivity contribution in [2.45, 2.75) is 75.9 Å². The van der Waals surface area contributed by atoms with Crippen LogP contribution in [-0.4, -0.2) is 25.0 Å². The number of thiol groups is 1. The molecule has 0 aromatic carbocycles. The highest BCUT2D eigenvalue weighted by Crippen LogP contribution is 2.39. The molecule has 0 atom stereocenters. The SMILES string of the molecule is CCCCCC(=S)C(S)([Si](C)(C)C)[Si](C)(C)C. The lowest BCUT2D eigenvalue weighted by Crippen LogP contribution is -2.66. The summed E-state index contributed by atoms with van der Waals surface area (Å²) in [5, 5.41) is 0. The minimum absolute atomic E-state index is 0.0864. The van der Waals surface area contributed by atoms with Crippen molar-refractivity contribution in [3.05, 3.63) is 0 Å². The van der Waals surface area contributed by atoms with Crippen molar-refractivity contribution < 1.29 is 0 Å². The van der Waals surface area contributed by atoms with E-state index in [1.54, 1.807) is 0 Å². The summed E-state index contributed by atoms with van der Waals surface area (Å²) in [4.78, 5) is 1.26. The molecule has 0 aromatic heterocycles. The summed E-state index contributed by atoms with van der Waals surface area (Å²) in [5.74, 6) is 0. The second-order valence-corrected chi connectivity index (χ2v) is 20.1. The maximum atomic E-state index is 5.79. The quantitative estimate of drug-likeness (QED) is 0.286. The molecule has 0 N–H and O–H groups in total. The maximum absolute atomic E-state index is 5.79. The first kappa shape index (κ1) is 17.9. The van der Waals surface area contributed by atoms with E-state index in [-0.39, 0.29) is 3.99 Å². The Hall–Kier alpha value is 0.874. The van der Waals surface area contributed by atoms with Crippen LogP contribution in [0.15, 0.2) is 0 Å². The number of hydrogen-bond donors (Lipinski definition) is 1. The van der Waals surface area contributed by atoms with E-state index in [4.69, 9.17) is 24.8 Å². The summed E-state index contributed by atoms with van der Waals surface area (Å²) >= 11 is 11.0. The smallest absolute Gasteiger partial charge is 0.0649 e. The van der Waals surface area contributed by atoms with Crippen LogP contribution in [0.25, 0.3) is 0 Å². The van der Waals surface area contributed by atoms with Gasteiger partial charge in [0.15, 0.2) is 0 Å². The van der Waals surface area contributed by atoms with Crippen molar-refractivity contribution in [3.8, 4) is 0 Å². The Morgan fingerprint density at radius 1 is 1.00 bits per heavy atom. The molecule has 0 aliphatic heterocycles. The highest BCUT2D eigenvalue weighted by Gasteiger charge is 2.52. The topological polar surface area (TPSA) is 0 Å². The van der Waals surface area contributed by atoms with E-state index in [2.05, 4.69) is 46.2 Å². The van der Waals surface area contributed by atoms with Gasteiger partial charge in [-0.05, 0) is 12.8 Å². The van der Waals surface area contributed by atoms with E-state index < -0.39 is 16.1 Å². The Morgan fingerprint density at radius 2 is 1.41 bits per heavy atom. The number of unbranched alkanes of at least 4 members (excludes halogenated alkanes) is 2. The minimum Gasteiger partial charge on any atom is -0.174 e. The minimum atomic E-state index is -1.38. The zero-order valence-corrected chi connectivity index (χ0v) is 16.4. The van der Waals surface area contributed by atoms with Crippen molar-refractivity contribution in [1.82, 2.24) is 0 Å². The van der Waals surface area contributed by atoms with Gasteiger partial charge in [-0.3, -0.25) is 0 Å². The second-order valence-electron chi connectivity index (χ2n) is 7.09. The summed E-state index contributed by atoms with van der Waals surface area (Å²) in [5.41, 5.74) is 0. The fourth-order valence-electron chi connectivity index (χ4n) is 2.68. The van der Waals surface area contributed by atoms with E-state index >= 15 is 0 Å². The number of rotatable bonds is 7. The summed E-state index contributed by atoms with van der Waals surface area (Å²) < 4.78 is 0.0864. The highest BCUT2D eigenvalue weighted by molar-refractivity contribution is 7.92. The Kier molecular flexibility index (Phi) is 6.68. The molecule has 0 bridgehead atoms. The summed E-state index contributed by atoms with van der Waals surface area (Å²) in [6.07, 6.45) is 4.90. The molecular formula is C13H30S2Si2. The monoisotopic (exact) mass is 306 g/mol. The van der Waals surface area contributed by atoms with Crippen molar-refractivity contribution in [3.63, 3.8) is 0 Å². The summed E-state index contributed by atoms with van der Waals surface area (Å²) in [6.45, 7) is 16.8. The van der Waals surface area contributed by atoms with E-state index in [0.29, 0.717) is 0 Å². The molecule has 0 heterocycles. The molecule has 0 amide bonds. The summed E-state index contributed by atoms with van der Waals surface area (Å²) in [7, 11) is -2.77. The van der Waals surface area contributed by atoms with Crippen LogP contribution < -0.4 is 0 Å². The van der Waals surface area contributed by atoms with Gasteiger partial charge in [0.25, 0.3) is 0 Å². The van der Waals surface area contributed by atoms with Crippen LogP contribution >= 0.6 is 24.8 Å². The molecule has 17 heavy (non-hydrogen) atoms. The molecule has 4 heteroatoms. The molecule has 0 unspecified atom stereocenters. The van der Waals surface area contributed by atoms with Gasteiger partial charge in [-0.25, -0.2) is 0 Å². The van der Waals surface area contributed by atoms with E-state index in [1.165, 1.54) is 24.1 Å². The Morgan fingerprint density at radius 3 is 1.71 bits per heavy atom. The molecule has 0 saturated heterocycles. The van der Waals surface area contributed by atoms with Crippen LogP contribution in [0.1, 0.15) is 32.6 Å². The lowest BCUT2D eigenvalue weighted by atomic mass is 10.2. The first-order valence-corrected chi connectivity index (χ1v) is 14.6. The highest BCUT2D eigenvalue weighted by atomic mass is 32.1. The Balaban J connectivity index is 5.03. The van der Waals surface area contributed by atoms with Crippen LogP contribution in [0, 0.1) is 0 Å². The predicted molar refractivity (Wildman–Crippen MR) is 95.1 cm³/mol. The fraction of sp³-hybridized carbons (Fsp3) is 0.923. The molecular weight excluding hydrogens is 276 g/mol. The van der Waals surface area contributed by atoms with Crippen LogP contribution in [-0.2, 0) is 0 Å². The van der Waals surface area contributed by atoms with Crippen molar-refractivity contribution in [1.29, 1.82) is 0 Å². The molecule has 0 fully saturated rings. The third-order valence-electron chi connectivity index (χ3n) is 3.58. The first-order chi connectivity index (χ1) is 7.48. The van der Waals surface area contributed by atoms with Gasteiger partial charge in [-0.1, -0.05) is 71.3 Å². The zero-order chi connectivity index (χ0) is 13.9. The molecule has 0 rings (SSSR count). The number of hydrogen-bond acceptors (Lipinski definition) is 2. The maximum Gasteiger partial charge on any atom is 0.0649 e. The molecule has 0 aliphatic rings. The van der Waals surface area contributed by atoms with Gasteiger partial charge in [0, 0.05) is 8.86 Å². The molecule has 0 aromatic rings. The first-order valence-electron chi connectivity index (χ1n) is 6.74.